The van der Waals surface area contributed by atoms with Gasteiger partial charge in [-0.05, 0) is 32.1 Å². The summed E-state index contributed by atoms with van der Waals surface area (Å²) in [6.07, 6.45) is 29.7. The predicted molar refractivity (Wildman–Crippen MR) is 197 cm³/mol. The van der Waals surface area contributed by atoms with Crippen LogP contribution in [0.3, 0.4) is 0 Å². The van der Waals surface area contributed by atoms with E-state index in [-0.39, 0.29) is 25.6 Å². The van der Waals surface area contributed by atoms with Crippen LogP contribution >= 0.6 is 7.82 Å². The van der Waals surface area contributed by atoms with Gasteiger partial charge in [0.1, 0.15) is 19.8 Å². The number of quaternary nitrogens is 1. The summed E-state index contributed by atoms with van der Waals surface area (Å²) in [4.78, 5) is 35.1. The minimum Gasteiger partial charge on any atom is -0.462 e. The number of rotatable bonds is 35. The minimum atomic E-state index is -4.36. The summed E-state index contributed by atoms with van der Waals surface area (Å²) < 4.78 is 34.1. The molecule has 0 heterocycles. The van der Waals surface area contributed by atoms with E-state index >= 15 is 0 Å². The van der Waals surface area contributed by atoms with Crippen molar-refractivity contribution in [3.8, 4) is 0 Å². The summed E-state index contributed by atoms with van der Waals surface area (Å²) in [5, 5.41) is 0. The van der Waals surface area contributed by atoms with Crippen LogP contribution in [0.5, 0.6) is 0 Å². The van der Waals surface area contributed by atoms with Crippen LogP contribution < -0.4 is 0 Å². The molecule has 0 saturated carbocycles. The molecule has 0 spiro atoms. The molecule has 0 aromatic carbocycles. The SMILES string of the molecule is CCCC/C=C\CCCCCCCC(=O)OC(COC(=O)CCCCCCCCCCCCCCC)COP(=O)(O)OCC[N+](C)(C)C. The van der Waals surface area contributed by atoms with E-state index < -0.39 is 26.5 Å². The van der Waals surface area contributed by atoms with Crippen molar-refractivity contribution in [1.82, 2.24) is 0 Å². The molecule has 0 amide bonds. The Labute approximate surface area is 295 Å². The number of hydrogen-bond donors (Lipinski definition) is 1. The van der Waals surface area contributed by atoms with Gasteiger partial charge in [0.2, 0.25) is 0 Å². The number of nitrogens with zero attached hydrogens (tertiary/aromatic N) is 1. The number of phosphoric acid groups is 1. The molecule has 10 heteroatoms. The Bertz CT molecular complexity index is 845. The van der Waals surface area contributed by atoms with E-state index in [1.165, 1.54) is 77.0 Å². The Balaban J connectivity index is 4.42. The molecular weight excluding hydrogens is 629 g/mol. The van der Waals surface area contributed by atoms with Crippen LogP contribution in [0.1, 0.15) is 168 Å². The first-order chi connectivity index (χ1) is 23.0. The molecule has 0 aliphatic rings. The van der Waals surface area contributed by atoms with E-state index in [2.05, 4.69) is 26.0 Å². The maximum Gasteiger partial charge on any atom is 0.472 e. The first-order valence-electron chi connectivity index (χ1n) is 19.4. The number of carbonyl (C=O) groups excluding carboxylic acids is 2. The third-order valence-corrected chi connectivity index (χ3v) is 9.28. The third kappa shape index (κ3) is 34.6. The number of unbranched alkanes of at least 4 members (excludes halogenated alkanes) is 19. The van der Waals surface area contributed by atoms with Crippen LogP contribution in [0.4, 0.5) is 0 Å². The van der Waals surface area contributed by atoms with E-state index in [9.17, 15) is 19.0 Å². The molecule has 0 aliphatic heterocycles. The standard InChI is InChI=1S/C38H74NO8P/c1-6-8-10-12-14-16-18-19-21-22-24-26-28-30-37(40)44-34-36(35-46-48(42,43)45-33-32-39(3,4)5)47-38(41)31-29-27-25-23-20-17-15-13-11-9-7-2/h13,15,36H,6-12,14,16-35H2,1-5H3/p+1/b15-13-. The number of allylic oxidation sites excluding steroid dienone is 2. The summed E-state index contributed by atoms with van der Waals surface area (Å²) in [7, 11) is 1.48. The minimum absolute atomic E-state index is 0.0327. The van der Waals surface area contributed by atoms with Gasteiger partial charge in [-0.25, -0.2) is 4.57 Å². The second kappa shape index (κ2) is 31.7. The lowest BCUT2D eigenvalue weighted by atomic mass is 10.0. The molecule has 0 aromatic heterocycles. The average molecular weight is 705 g/mol. The highest BCUT2D eigenvalue weighted by molar-refractivity contribution is 7.47. The lowest BCUT2D eigenvalue weighted by Crippen LogP contribution is -2.37. The first-order valence-corrected chi connectivity index (χ1v) is 20.9. The Morgan fingerprint density at radius 3 is 1.60 bits per heavy atom. The van der Waals surface area contributed by atoms with Gasteiger partial charge in [0.15, 0.2) is 6.10 Å². The van der Waals surface area contributed by atoms with Crippen molar-refractivity contribution in [2.75, 3.05) is 47.5 Å². The smallest absolute Gasteiger partial charge is 0.462 e. The molecule has 0 saturated heterocycles. The number of phosphoric ester groups is 1. The van der Waals surface area contributed by atoms with Crippen molar-refractivity contribution in [2.24, 2.45) is 0 Å². The lowest BCUT2D eigenvalue weighted by Gasteiger charge is -2.24. The highest BCUT2D eigenvalue weighted by Crippen LogP contribution is 2.43. The van der Waals surface area contributed by atoms with E-state index in [0.29, 0.717) is 23.9 Å². The first kappa shape index (κ1) is 46.8. The van der Waals surface area contributed by atoms with Gasteiger partial charge < -0.3 is 18.9 Å². The second-order valence-corrected chi connectivity index (χ2v) is 15.8. The maximum absolute atomic E-state index is 12.6. The molecule has 1 N–H and O–H groups in total. The van der Waals surface area contributed by atoms with Crippen molar-refractivity contribution >= 4 is 19.8 Å². The van der Waals surface area contributed by atoms with Gasteiger partial charge in [-0.15, -0.1) is 0 Å². The highest BCUT2D eigenvalue weighted by Gasteiger charge is 2.27. The summed E-state index contributed by atoms with van der Waals surface area (Å²) in [6, 6.07) is 0. The summed E-state index contributed by atoms with van der Waals surface area (Å²) >= 11 is 0. The number of likely N-dealkylation sites (N-methyl/N-ethyl adjacent to an activating group) is 1. The largest absolute Gasteiger partial charge is 0.472 e. The van der Waals surface area contributed by atoms with Gasteiger partial charge in [0.25, 0.3) is 0 Å². The molecule has 0 bridgehead atoms. The molecule has 2 atom stereocenters. The summed E-state index contributed by atoms with van der Waals surface area (Å²) in [6.45, 7) is 4.37. The number of esters is 2. The van der Waals surface area contributed by atoms with Gasteiger partial charge in [0, 0.05) is 12.8 Å². The Morgan fingerprint density at radius 2 is 1.08 bits per heavy atom. The van der Waals surface area contributed by atoms with Gasteiger partial charge in [-0.2, -0.15) is 0 Å². The zero-order valence-electron chi connectivity index (χ0n) is 31.7. The van der Waals surface area contributed by atoms with Crippen LogP contribution in [0, 0.1) is 0 Å². The van der Waals surface area contributed by atoms with Crippen molar-refractivity contribution in [3.05, 3.63) is 12.2 Å². The Hall–Kier alpha value is -1.25. The molecule has 2 unspecified atom stereocenters. The van der Waals surface area contributed by atoms with E-state index in [0.717, 1.165) is 57.8 Å². The Kier molecular flexibility index (Phi) is 30.9. The fourth-order valence-corrected chi connectivity index (χ4v) is 5.91. The lowest BCUT2D eigenvalue weighted by molar-refractivity contribution is -0.870. The molecule has 0 fully saturated rings. The van der Waals surface area contributed by atoms with Crippen LogP contribution in [0.15, 0.2) is 12.2 Å². The fourth-order valence-electron chi connectivity index (χ4n) is 5.17. The van der Waals surface area contributed by atoms with Gasteiger partial charge in [0.05, 0.1) is 27.7 Å². The molecule has 0 aliphatic carbocycles. The van der Waals surface area contributed by atoms with Gasteiger partial charge >= 0.3 is 19.8 Å². The van der Waals surface area contributed by atoms with Crippen LogP contribution in [0.25, 0.3) is 0 Å². The van der Waals surface area contributed by atoms with Crippen LogP contribution in [-0.4, -0.2) is 74.9 Å². The van der Waals surface area contributed by atoms with Crippen LogP contribution in [-0.2, 0) is 32.7 Å². The molecule has 0 radical (unpaired) electrons. The summed E-state index contributed by atoms with van der Waals surface area (Å²) in [5.74, 6) is -0.806. The van der Waals surface area contributed by atoms with Crippen molar-refractivity contribution in [3.63, 3.8) is 0 Å². The van der Waals surface area contributed by atoms with Gasteiger partial charge in [-0.3, -0.25) is 18.6 Å². The molecule has 48 heavy (non-hydrogen) atoms. The second-order valence-electron chi connectivity index (χ2n) is 14.3. The Morgan fingerprint density at radius 1 is 0.625 bits per heavy atom. The maximum atomic E-state index is 12.6. The monoisotopic (exact) mass is 705 g/mol. The number of ether oxygens (including phenoxy) is 2. The van der Waals surface area contributed by atoms with Gasteiger partial charge in [-0.1, -0.05) is 135 Å². The summed E-state index contributed by atoms with van der Waals surface area (Å²) in [5.41, 5.74) is 0. The topological polar surface area (TPSA) is 108 Å². The van der Waals surface area contributed by atoms with Crippen LogP contribution in [0.2, 0.25) is 0 Å². The quantitative estimate of drug-likeness (QED) is 0.0228. The zero-order chi connectivity index (χ0) is 35.8. The molecule has 0 aromatic rings. The molecule has 9 nitrogen and oxygen atoms in total. The number of hydrogen-bond acceptors (Lipinski definition) is 7. The predicted octanol–water partition coefficient (Wildman–Crippen LogP) is 10.2. The molecular formula is C38H75NO8P+. The molecule has 0 rings (SSSR count). The van der Waals surface area contributed by atoms with Crippen molar-refractivity contribution in [1.29, 1.82) is 0 Å². The average Bonchev–Trinajstić information content (AvgIpc) is 3.02. The van der Waals surface area contributed by atoms with E-state index in [1.54, 1.807) is 0 Å². The fraction of sp³-hybridized carbons (Fsp3) is 0.895. The highest BCUT2D eigenvalue weighted by atomic mass is 31.2. The number of carbonyl (C=O) groups is 2. The zero-order valence-corrected chi connectivity index (χ0v) is 32.6. The van der Waals surface area contributed by atoms with E-state index in [4.69, 9.17) is 18.5 Å². The van der Waals surface area contributed by atoms with Crippen molar-refractivity contribution in [2.45, 2.75) is 174 Å². The normalized spacial score (nSPS) is 13.9. The third-order valence-electron chi connectivity index (χ3n) is 8.30. The van der Waals surface area contributed by atoms with Crippen molar-refractivity contribution < 1.29 is 42.1 Å². The molecule has 284 valence electrons. The van der Waals surface area contributed by atoms with E-state index in [1.807, 2.05) is 21.1 Å².